The molecule has 9 heteroatoms. The molecule has 0 spiro atoms. The number of hydrogen-bond donors (Lipinski definition) is 2. The van der Waals surface area contributed by atoms with E-state index in [0.717, 1.165) is 11.1 Å². The molecule has 1 atom stereocenters. The fraction of sp³-hybridized carbons (Fsp3) is 0.179. The standard InChI is InChI=1S/C28H23FN6O2/c1-15(36)32-17-9-7-16(8-10-17)21-12-11-19-22(18-5-4-6-20(29)23(18)37-26(19)33-21)28(2,3)27-34-24-25(35-27)31-14-13-30-24/h4-14,22H,1-3H3,(H,32,36)(H,30,31,34,35)/t22-/m0/s1. The molecule has 0 saturated heterocycles. The van der Waals surface area contributed by atoms with Gasteiger partial charge in [0.25, 0.3) is 0 Å². The number of halogens is 1. The molecule has 2 aromatic carbocycles. The van der Waals surface area contributed by atoms with Crippen molar-refractivity contribution >= 4 is 22.9 Å². The van der Waals surface area contributed by atoms with E-state index in [1.807, 2.05) is 56.3 Å². The number of hydrogen-bond acceptors (Lipinski definition) is 6. The average molecular weight is 495 g/mol. The highest BCUT2D eigenvalue weighted by Gasteiger charge is 2.43. The predicted octanol–water partition coefficient (Wildman–Crippen LogP) is 5.73. The van der Waals surface area contributed by atoms with E-state index in [2.05, 4.69) is 20.3 Å². The molecular weight excluding hydrogens is 471 g/mol. The first kappa shape index (κ1) is 22.8. The number of amides is 1. The van der Waals surface area contributed by atoms with Crippen molar-refractivity contribution in [2.45, 2.75) is 32.1 Å². The van der Waals surface area contributed by atoms with Gasteiger partial charge in [0.1, 0.15) is 5.82 Å². The number of fused-ring (bicyclic) bond motifs is 3. The Balaban J connectivity index is 1.46. The first-order chi connectivity index (χ1) is 17.8. The maximum absolute atomic E-state index is 15.0. The number of nitrogens with one attached hydrogen (secondary N) is 2. The van der Waals surface area contributed by atoms with Crippen LogP contribution in [-0.2, 0) is 10.2 Å². The van der Waals surface area contributed by atoms with Crippen molar-refractivity contribution in [3.63, 3.8) is 0 Å². The third-order valence-electron chi connectivity index (χ3n) is 6.67. The van der Waals surface area contributed by atoms with Crippen molar-refractivity contribution in [2.75, 3.05) is 5.32 Å². The van der Waals surface area contributed by atoms with Gasteiger partial charge in [-0.15, -0.1) is 0 Å². The number of para-hydroxylation sites is 1. The average Bonchev–Trinajstić information content (AvgIpc) is 3.33. The Labute approximate surface area is 212 Å². The Morgan fingerprint density at radius 1 is 1.00 bits per heavy atom. The number of carbonyl (C=O) groups is 1. The third kappa shape index (κ3) is 3.88. The molecule has 1 aliphatic rings. The lowest BCUT2D eigenvalue weighted by molar-refractivity contribution is -0.114. The second kappa shape index (κ2) is 8.48. The molecule has 3 aromatic heterocycles. The lowest BCUT2D eigenvalue weighted by Crippen LogP contribution is -2.32. The molecule has 1 amide bonds. The summed E-state index contributed by atoms with van der Waals surface area (Å²) in [7, 11) is 0. The summed E-state index contributed by atoms with van der Waals surface area (Å²) in [4.78, 5) is 32.8. The number of anilines is 1. The molecule has 37 heavy (non-hydrogen) atoms. The number of rotatable bonds is 4. The molecule has 4 heterocycles. The molecule has 0 unspecified atom stereocenters. The Bertz CT molecular complexity index is 1630. The first-order valence-electron chi connectivity index (χ1n) is 11.8. The zero-order chi connectivity index (χ0) is 25.7. The van der Waals surface area contributed by atoms with Crippen LogP contribution in [0.4, 0.5) is 10.1 Å². The van der Waals surface area contributed by atoms with Gasteiger partial charge in [-0.3, -0.25) is 4.79 Å². The maximum atomic E-state index is 15.0. The molecule has 0 saturated carbocycles. The predicted molar refractivity (Wildman–Crippen MR) is 137 cm³/mol. The molecule has 5 aromatic rings. The van der Waals surface area contributed by atoms with E-state index >= 15 is 4.39 Å². The Morgan fingerprint density at radius 3 is 2.54 bits per heavy atom. The van der Waals surface area contributed by atoms with Crippen LogP contribution in [0.15, 0.2) is 67.0 Å². The van der Waals surface area contributed by atoms with E-state index in [-0.39, 0.29) is 17.6 Å². The summed E-state index contributed by atoms with van der Waals surface area (Å²) in [6.07, 6.45) is 3.21. The minimum absolute atomic E-state index is 0.140. The SMILES string of the molecule is CC(=O)Nc1ccc(-c2ccc3c(n2)Oc2c(F)cccc2[C@@H]3C(C)(C)c2nc3nccnc3[nH]2)cc1. The van der Waals surface area contributed by atoms with Gasteiger partial charge in [-0.05, 0) is 24.3 Å². The monoisotopic (exact) mass is 494 g/mol. The summed E-state index contributed by atoms with van der Waals surface area (Å²) < 4.78 is 21.1. The number of ether oxygens (including phenoxy) is 1. The zero-order valence-corrected chi connectivity index (χ0v) is 20.4. The quantitative estimate of drug-likeness (QED) is 0.331. The molecular formula is C28H23FN6O2. The van der Waals surface area contributed by atoms with Crippen LogP contribution >= 0.6 is 0 Å². The van der Waals surface area contributed by atoms with E-state index in [0.29, 0.717) is 39.9 Å². The highest BCUT2D eigenvalue weighted by Crippen LogP contribution is 2.52. The molecule has 184 valence electrons. The Kier molecular flexibility index (Phi) is 5.22. The fourth-order valence-corrected chi connectivity index (χ4v) is 4.93. The normalized spacial score (nSPS) is 14.5. The van der Waals surface area contributed by atoms with Crippen LogP contribution in [0, 0.1) is 5.82 Å². The molecule has 0 aliphatic carbocycles. The largest absolute Gasteiger partial charge is 0.435 e. The van der Waals surface area contributed by atoms with Crippen molar-refractivity contribution < 1.29 is 13.9 Å². The summed E-state index contributed by atoms with van der Waals surface area (Å²) in [5, 5.41) is 2.75. The number of aromatic nitrogens is 5. The third-order valence-corrected chi connectivity index (χ3v) is 6.67. The summed E-state index contributed by atoms with van der Waals surface area (Å²) in [6.45, 7) is 5.56. The van der Waals surface area contributed by atoms with Gasteiger partial charge in [0, 0.05) is 53.0 Å². The fourth-order valence-electron chi connectivity index (χ4n) is 4.93. The topological polar surface area (TPSA) is 106 Å². The van der Waals surface area contributed by atoms with E-state index in [1.165, 1.54) is 13.0 Å². The van der Waals surface area contributed by atoms with Gasteiger partial charge in [-0.2, -0.15) is 0 Å². The van der Waals surface area contributed by atoms with Crippen molar-refractivity contribution in [3.8, 4) is 22.9 Å². The summed E-state index contributed by atoms with van der Waals surface area (Å²) in [5.74, 6) is 0.269. The highest BCUT2D eigenvalue weighted by molar-refractivity contribution is 5.88. The molecule has 8 nitrogen and oxygen atoms in total. The van der Waals surface area contributed by atoms with Gasteiger partial charge < -0.3 is 15.0 Å². The summed E-state index contributed by atoms with van der Waals surface area (Å²) >= 11 is 0. The minimum atomic E-state index is -0.618. The van der Waals surface area contributed by atoms with Crippen LogP contribution in [0.2, 0.25) is 0 Å². The Hall–Kier alpha value is -4.66. The second-order valence-electron chi connectivity index (χ2n) is 9.58. The van der Waals surface area contributed by atoms with Crippen molar-refractivity contribution in [1.29, 1.82) is 0 Å². The van der Waals surface area contributed by atoms with E-state index in [9.17, 15) is 4.79 Å². The van der Waals surface area contributed by atoms with Crippen LogP contribution < -0.4 is 10.1 Å². The molecule has 0 bridgehead atoms. The summed E-state index contributed by atoms with van der Waals surface area (Å²) in [6, 6.07) is 16.2. The van der Waals surface area contributed by atoms with Crippen molar-refractivity contribution in [1.82, 2.24) is 24.9 Å². The van der Waals surface area contributed by atoms with Crippen LogP contribution in [0.5, 0.6) is 11.6 Å². The van der Waals surface area contributed by atoms with Crippen LogP contribution in [0.1, 0.15) is 43.6 Å². The van der Waals surface area contributed by atoms with Crippen LogP contribution in [0.25, 0.3) is 22.6 Å². The Morgan fingerprint density at radius 2 is 1.78 bits per heavy atom. The summed E-state index contributed by atoms with van der Waals surface area (Å²) in [5.41, 5.74) is 4.23. The van der Waals surface area contributed by atoms with Gasteiger partial charge in [-0.1, -0.05) is 44.2 Å². The van der Waals surface area contributed by atoms with Gasteiger partial charge in [0.05, 0.1) is 5.69 Å². The molecule has 1 aliphatic heterocycles. The number of nitrogens with zero attached hydrogens (tertiary/aromatic N) is 4. The lowest BCUT2D eigenvalue weighted by atomic mass is 9.69. The van der Waals surface area contributed by atoms with Crippen molar-refractivity contribution in [3.05, 3.63) is 89.8 Å². The van der Waals surface area contributed by atoms with Crippen LogP contribution in [-0.4, -0.2) is 30.8 Å². The van der Waals surface area contributed by atoms with Gasteiger partial charge in [0.2, 0.25) is 11.8 Å². The van der Waals surface area contributed by atoms with Gasteiger partial charge in [0.15, 0.2) is 22.9 Å². The first-order valence-corrected chi connectivity index (χ1v) is 11.8. The van der Waals surface area contributed by atoms with Crippen LogP contribution in [0.3, 0.4) is 0 Å². The molecule has 6 rings (SSSR count). The van der Waals surface area contributed by atoms with E-state index in [4.69, 9.17) is 14.7 Å². The molecule has 2 N–H and O–H groups in total. The number of aromatic amines is 1. The van der Waals surface area contributed by atoms with E-state index < -0.39 is 11.2 Å². The number of imidazole rings is 1. The number of benzene rings is 2. The smallest absolute Gasteiger partial charge is 0.223 e. The lowest BCUT2D eigenvalue weighted by Gasteiger charge is -2.37. The molecule has 0 fully saturated rings. The zero-order valence-electron chi connectivity index (χ0n) is 20.4. The van der Waals surface area contributed by atoms with E-state index in [1.54, 1.807) is 18.5 Å². The van der Waals surface area contributed by atoms with Gasteiger partial charge >= 0.3 is 0 Å². The number of pyridine rings is 1. The molecule has 0 radical (unpaired) electrons. The second-order valence-corrected chi connectivity index (χ2v) is 9.58. The van der Waals surface area contributed by atoms with Gasteiger partial charge in [-0.25, -0.2) is 24.3 Å². The minimum Gasteiger partial charge on any atom is -0.435 e. The maximum Gasteiger partial charge on any atom is 0.223 e. The number of carbonyl (C=O) groups excluding carboxylic acids is 1. The van der Waals surface area contributed by atoms with Crippen molar-refractivity contribution in [2.24, 2.45) is 0 Å². The number of H-pyrrole nitrogens is 1. The highest BCUT2D eigenvalue weighted by atomic mass is 19.1.